The quantitative estimate of drug-likeness (QED) is 0.765. The number of fused-ring (bicyclic) bond motifs is 1. The van der Waals surface area contributed by atoms with Gasteiger partial charge in [0, 0.05) is 23.6 Å². The van der Waals surface area contributed by atoms with E-state index in [1.807, 2.05) is 11.3 Å². The van der Waals surface area contributed by atoms with Crippen LogP contribution in [-0.2, 0) is 6.42 Å². The van der Waals surface area contributed by atoms with Crippen LogP contribution in [0.5, 0.6) is 0 Å². The van der Waals surface area contributed by atoms with Crippen LogP contribution in [0.15, 0.2) is 6.07 Å². The summed E-state index contributed by atoms with van der Waals surface area (Å²) in [6.07, 6.45) is 4.61. The van der Waals surface area contributed by atoms with Gasteiger partial charge >= 0.3 is 0 Å². The molecule has 2 rings (SSSR count). The van der Waals surface area contributed by atoms with Gasteiger partial charge in [0.2, 0.25) is 0 Å². The van der Waals surface area contributed by atoms with Gasteiger partial charge in [-0.3, -0.25) is 0 Å². The number of hydrogen-bond acceptors (Lipinski definition) is 3. The van der Waals surface area contributed by atoms with Crippen molar-refractivity contribution >= 4 is 33.9 Å². The van der Waals surface area contributed by atoms with Crippen molar-refractivity contribution in [3.8, 4) is 0 Å². The highest BCUT2D eigenvalue weighted by Gasteiger charge is 2.25. The second-order valence-corrected chi connectivity index (χ2v) is 8.43. The normalized spacial score (nSPS) is 21.1. The zero-order valence-electron chi connectivity index (χ0n) is 11.1. The lowest BCUT2D eigenvalue weighted by molar-refractivity contribution is 0.231. The SMILES string of the molecule is CC(C)C(CCO)NC1CCCc2sc(I)cc21. The van der Waals surface area contributed by atoms with Gasteiger partial charge in [-0.25, -0.2) is 0 Å². The summed E-state index contributed by atoms with van der Waals surface area (Å²) in [5, 5.41) is 12.9. The van der Waals surface area contributed by atoms with Crippen LogP contribution in [-0.4, -0.2) is 17.8 Å². The average Bonchev–Trinajstić information content (AvgIpc) is 2.69. The molecule has 0 aliphatic heterocycles. The molecular formula is C14H22INOS. The van der Waals surface area contributed by atoms with Crippen LogP contribution in [0, 0.1) is 8.80 Å². The van der Waals surface area contributed by atoms with Gasteiger partial charge in [0.25, 0.3) is 0 Å². The molecule has 1 aliphatic rings. The maximum absolute atomic E-state index is 9.18. The molecule has 2 unspecified atom stereocenters. The van der Waals surface area contributed by atoms with Crippen LogP contribution < -0.4 is 5.32 Å². The number of halogens is 1. The number of hydrogen-bond donors (Lipinski definition) is 2. The third kappa shape index (κ3) is 3.46. The Morgan fingerprint density at radius 1 is 1.56 bits per heavy atom. The van der Waals surface area contributed by atoms with Gasteiger partial charge < -0.3 is 10.4 Å². The monoisotopic (exact) mass is 379 g/mol. The van der Waals surface area contributed by atoms with Crippen LogP contribution in [0.2, 0.25) is 0 Å². The van der Waals surface area contributed by atoms with Crippen LogP contribution in [0.3, 0.4) is 0 Å². The van der Waals surface area contributed by atoms with E-state index in [9.17, 15) is 5.11 Å². The van der Waals surface area contributed by atoms with Crippen molar-refractivity contribution in [2.75, 3.05) is 6.61 Å². The molecule has 4 heteroatoms. The van der Waals surface area contributed by atoms with Crippen LogP contribution in [0.4, 0.5) is 0 Å². The lowest BCUT2D eigenvalue weighted by atomic mass is 9.91. The second-order valence-electron chi connectivity index (χ2n) is 5.40. The number of rotatable bonds is 5. The molecule has 102 valence electrons. The molecule has 0 saturated heterocycles. The van der Waals surface area contributed by atoms with Crippen LogP contribution in [0.1, 0.15) is 49.6 Å². The molecule has 0 bridgehead atoms. The van der Waals surface area contributed by atoms with Crippen molar-refractivity contribution in [3.05, 3.63) is 19.4 Å². The lowest BCUT2D eigenvalue weighted by Crippen LogP contribution is -2.38. The fraction of sp³-hybridized carbons (Fsp3) is 0.714. The molecule has 0 fully saturated rings. The van der Waals surface area contributed by atoms with Gasteiger partial charge in [-0.05, 0) is 65.8 Å². The predicted molar refractivity (Wildman–Crippen MR) is 86.2 cm³/mol. The summed E-state index contributed by atoms with van der Waals surface area (Å²) in [5.74, 6) is 0.570. The Morgan fingerprint density at radius 3 is 3.00 bits per heavy atom. The van der Waals surface area contributed by atoms with Crippen LogP contribution >= 0.6 is 33.9 Å². The van der Waals surface area contributed by atoms with Crippen LogP contribution in [0.25, 0.3) is 0 Å². The second kappa shape index (κ2) is 6.68. The Bertz CT molecular complexity index is 391. The molecular weight excluding hydrogens is 357 g/mol. The average molecular weight is 379 g/mol. The Hall–Kier alpha value is 0.350. The minimum absolute atomic E-state index is 0.274. The van der Waals surface area contributed by atoms with Gasteiger partial charge in [0.1, 0.15) is 0 Å². The first-order valence-electron chi connectivity index (χ1n) is 6.76. The smallest absolute Gasteiger partial charge is 0.0659 e. The van der Waals surface area contributed by atoms with E-state index in [-0.39, 0.29) is 6.61 Å². The molecule has 1 aromatic heterocycles. The van der Waals surface area contributed by atoms with Gasteiger partial charge in [0.05, 0.1) is 2.88 Å². The Kier molecular flexibility index (Phi) is 5.47. The highest BCUT2D eigenvalue weighted by atomic mass is 127. The molecule has 18 heavy (non-hydrogen) atoms. The first-order valence-corrected chi connectivity index (χ1v) is 8.66. The van der Waals surface area contributed by atoms with Crippen molar-refractivity contribution in [2.45, 2.75) is 51.6 Å². The molecule has 2 N–H and O–H groups in total. The molecule has 1 heterocycles. The summed E-state index contributed by atoms with van der Waals surface area (Å²) in [7, 11) is 0. The van der Waals surface area contributed by atoms with Gasteiger partial charge in [-0.15, -0.1) is 11.3 Å². The summed E-state index contributed by atoms with van der Waals surface area (Å²) in [5.41, 5.74) is 1.51. The fourth-order valence-electron chi connectivity index (χ4n) is 2.70. The number of thiophene rings is 1. The molecule has 1 aliphatic carbocycles. The van der Waals surface area contributed by atoms with Crippen molar-refractivity contribution < 1.29 is 5.11 Å². The van der Waals surface area contributed by atoms with E-state index < -0.39 is 0 Å². The zero-order chi connectivity index (χ0) is 13.1. The molecule has 0 aromatic carbocycles. The molecule has 0 saturated carbocycles. The van der Waals surface area contributed by atoms with E-state index >= 15 is 0 Å². The van der Waals surface area contributed by atoms with Crippen molar-refractivity contribution in [2.24, 2.45) is 5.92 Å². The number of aryl methyl sites for hydroxylation is 1. The first-order chi connectivity index (χ1) is 8.61. The maximum Gasteiger partial charge on any atom is 0.0659 e. The van der Waals surface area contributed by atoms with E-state index in [1.165, 1.54) is 27.7 Å². The summed E-state index contributed by atoms with van der Waals surface area (Å²) >= 11 is 4.37. The topological polar surface area (TPSA) is 32.3 Å². The summed E-state index contributed by atoms with van der Waals surface area (Å²) in [4.78, 5) is 1.56. The molecule has 0 amide bonds. The van der Waals surface area contributed by atoms with E-state index in [2.05, 4.69) is 47.8 Å². The first kappa shape index (κ1) is 14.8. The summed E-state index contributed by atoms with van der Waals surface area (Å²) < 4.78 is 1.40. The number of aliphatic hydroxyl groups is 1. The van der Waals surface area contributed by atoms with E-state index in [0.29, 0.717) is 18.0 Å². The summed E-state index contributed by atoms with van der Waals surface area (Å²) in [6, 6.07) is 3.25. The third-order valence-electron chi connectivity index (χ3n) is 3.74. The lowest BCUT2D eigenvalue weighted by Gasteiger charge is -2.30. The van der Waals surface area contributed by atoms with Crippen molar-refractivity contribution in [1.82, 2.24) is 5.32 Å². The van der Waals surface area contributed by atoms with Crippen molar-refractivity contribution in [3.63, 3.8) is 0 Å². The number of aliphatic hydroxyl groups excluding tert-OH is 1. The maximum atomic E-state index is 9.18. The predicted octanol–water partition coefficient (Wildman–Crippen LogP) is 3.73. The molecule has 2 nitrogen and oxygen atoms in total. The Balaban J connectivity index is 2.09. The minimum atomic E-state index is 0.274. The van der Waals surface area contributed by atoms with Gasteiger partial charge in [-0.1, -0.05) is 13.8 Å². The van der Waals surface area contributed by atoms with Gasteiger partial charge in [0.15, 0.2) is 0 Å². The molecule has 1 aromatic rings. The molecule has 2 atom stereocenters. The van der Waals surface area contributed by atoms with E-state index in [1.54, 1.807) is 4.88 Å². The molecule has 0 radical (unpaired) electrons. The third-order valence-corrected chi connectivity index (χ3v) is 5.71. The van der Waals surface area contributed by atoms with E-state index in [4.69, 9.17) is 0 Å². The highest BCUT2D eigenvalue weighted by molar-refractivity contribution is 14.1. The summed E-state index contributed by atoms with van der Waals surface area (Å²) in [6.45, 7) is 4.74. The largest absolute Gasteiger partial charge is 0.396 e. The Labute approximate surface area is 127 Å². The highest BCUT2D eigenvalue weighted by Crippen LogP contribution is 2.36. The fourth-order valence-corrected chi connectivity index (χ4v) is 4.82. The van der Waals surface area contributed by atoms with Gasteiger partial charge in [-0.2, -0.15) is 0 Å². The standard InChI is InChI=1S/C14H22INOS/c1-9(2)11(6-7-17)16-12-4-3-5-13-10(12)8-14(15)18-13/h8-9,11-12,16-17H,3-7H2,1-2H3. The number of nitrogens with one attached hydrogen (secondary N) is 1. The van der Waals surface area contributed by atoms with E-state index in [0.717, 1.165) is 6.42 Å². The van der Waals surface area contributed by atoms with Crippen molar-refractivity contribution in [1.29, 1.82) is 0 Å². The minimum Gasteiger partial charge on any atom is -0.396 e. The zero-order valence-corrected chi connectivity index (χ0v) is 14.1. The molecule has 0 spiro atoms. The Morgan fingerprint density at radius 2 is 2.33 bits per heavy atom.